The van der Waals surface area contributed by atoms with Gasteiger partial charge in [-0.2, -0.15) is 26.3 Å². The van der Waals surface area contributed by atoms with Gasteiger partial charge in [-0.15, -0.1) is 0 Å². The van der Waals surface area contributed by atoms with E-state index in [0.29, 0.717) is 0 Å². The number of halogens is 6. The summed E-state index contributed by atoms with van der Waals surface area (Å²) in [6.45, 7) is -1.10. The van der Waals surface area contributed by atoms with Crippen LogP contribution in [0.3, 0.4) is 0 Å². The number of alkyl halides is 6. The molecule has 0 heterocycles. The maximum atomic E-state index is 12.7. The van der Waals surface area contributed by atoms with E-state index in [0.717, 1.165) is 0 Å². The van der Waals surface area contributed by atoms with E-state index < -0.39 is 47.9 Å². The molecule has 1 aromatic carbocycles. The van der Waals surface area contributed by atoms with Crippen LogP contribution in [0, 0.1) is 0 Å². The highest BCUT2D eigenvalue weighted by molar-refractivity contribution is 5.37. The van der Waals surface area contributed by atoms with E-state index in [-0.39, 0.29) is 18.2 Å². The molecule has 3 N–H and O–H groups in total. The topological polar surface area (TPSA) is 60.7 Å². The Kier molecular flexibility index (Phi) is 4.67. The Hall–Kier alpha value is -1.32. The van der Waals surface area contributed by atoms with Crippen molar-refractivity contribution in [2.75, 3.05) is 6.61 Å². The maximum Gasteiger partial charge on any atom is 0.416 e. The molecule has 0 saturated heterocycles. The summed E-state index contributed by atoms with van der Waals surface area (Å²) in [7, 11) is 0. The molecule has 2 unspecified atom stereocenters. The highest BCUT2D eigenvalue weighted by atomic mass is 19.4. The molecule has 114 valence electrons. The van der Waals surface area contributed by atoms with Crippen LogP contribution in [0.2, 0.25) is 0 Å². The molecule has 0 aliphatic heterocycles. The van der Waals surface area contributed by atoms with Crippen LogP contribution in [0.5, 0.6) is 0 Å². The summed E-state index contributed by atoms with van der Waals surface area (Å²) in [6.07, 6.45) is -14.2. The lowest BCUT2D eigenvalue weighted by Crippen LogP contribution is -2.25. The minimum atomic E-state index is -5.00. The van der Waals surface area contributed by atoms with Gasteiger partial charge in [-0.25, -0.2) is 0 Å². The Morgan fingerprint density at radius 1 is 0.950 bits per heavy atom. The largest absolute Gasteiger partial charge is 0.416 e. The summed E-state index contributed by atoms with van der Waals surface area (Å²) in [5, 5.41) is 27.1. The molecule has 2 atom stereocenters. The molecule has 0 bridgehead atoms. The minimum Gasteiger partial charge on any atom is -0.394 e. The number of benzene rings is 1. The van der Waals surface area contributed by atoms with Crippen molar-refractivity contribution in [2.45, 2.75) is 24.6 Å². The Morgan fingerprint density at radius 2 is 1.50 bits per heavy atom. The van der Waals surface area contributed by atoms with E-state index >= 15 is 0 Å². The molecule has 0 fully saturated rings. The van der Waals surface area contributed by atoms with E-state index in [4.69, 9.17) is 10.2 Å². The van der Waals surface area contributed by atoms with Gasteiger partial charge in [0.15, 0.2) is 0 Å². The quantitative estimate of drug-likeness (QED) is 0.750. The summed E-state index contributed by atoms with van der Waals surface area (Å²) >= 11 is 0. The lowest BCUT2D eigenvalue weighted by Gasteiger charge is -2.22. The molecule has 1 rings (SSSR count). The van der Waals surface area contributed by atoms with Gasteiger partial charge in [0, 0.05) is 0 Å². The van der Waals surface area contributed by atoms with E-state index in [1.165, 1.54) is 0 Å². The Labute approximate surface area is 109 Å². The van der Waals surface area contributed by atoms with Crippen molar-refractivity contribution in [3.8, 4) is 0 Å². The first-order valence-electron chi connectivity index (χ1n) is 5.23. The maximum absolute atomic E-state index is 12.7. The van der Waals surface area contributed by atoms with Gasteiger partial charge in [0.05, 0.1) is 17.7 Å². The summed E-state index contributed by atoms with van der Waals surface area (Å²) in [5.74, 6) is 0. The van der Waals surface area contributed by atoms with Gasteiger partial charge in [-0.05, 0) is 23.8 Å². The van der Waals surface area contributed by atoms with Gasteiger partial charge in [0.1, 0.15) is 12.2 Å². The van der Waals surface area contributed by atoms with Crippen LogP contribution in [0.25, 0.3) is 0 Å². The zero-order valence-electron chi connectivity index (χ0n) is 9.70. The lowest BCUT2D eigenvalue weighted by atomic mass is 9.96. The van der Waals surface area contributed by atoms with Crippen molar-refractivity contribution in [2.24, 2.45) is 0 Å². The Morgan fingerprint density at radius 3 is 1.90 bits per heavy atom. The smallest absolute Gasteiger partial charge is 0.394 e. The van der Waals surface area contributed by atoms with E-state index in [2.05, 4.69) is 0 Å². The predicted molar refractivity (Wildman–Crippen MR) is 54.5 cm³/mol. The summed E-state index contributed by atoms with van der Waals surface area (Å²) in [6, 6.07) is 0.502. The summed E-state index contributed by atoms with van der Waals surface area (Å²) < 4.78 is 75.4. The molecule has 0 aliphatic carbocycles. The third kappa shape index (κ3) is 3.62. The molecule has 0 aromatic heterocycles. The highest BCUT2D eigenvalue weighted by Gasteiger charge is 2.39. The number of hydrogen-bond acceptors (Lipinski definition) is 3. The molecule has 3 nitrogen and oxygen atoms in total. The van der Waals surface area contributed by atoms with Crippen LogP contribution >= 0.6 is 0 Å². The fraction of sp³-hybridized carbons (Fsp3) is 0.455. The first-order valence-corrected chi connectivity index (χ1v) is 5.23. The van der Waals surface area contributed by atoms with Crippen LogP contribution in [0.4, 0.5) is 26.3 Å². The molecule has 0 spiro atoms. The van der Waals surface area contributed by atoms with Crippen molar-refractivity contribution >= 4 is 0 Å². The van der Waals surface area contributed by atoms with Gasteiger partial charge in [-0.1, -0.05) is 0 Å². The van der Waals surface area contributed by atoms with Crippen molar-refractivity contribution < 1.29 is 41.7 Å². The summed E-state index contributed by atoms with van der Waals surface area (Å²) in [5.41, 5.74) is -4.05. The molecule has 20 heavy (non-hydrogen) atoms. The second-order valence-electron chi connectivity index (χ2n) is 3.99. The Balaban J connectivity index is 3.42. The molecular weight excluding hydrogens is 294 g/mol. The van der Waals surface area contributed by atoms with Gasteiger partial charge < -0.3 is 15.3 Å². The molecule has 0 aliphatic rings. The molecule has 0 saturated carbocycles. The highest BCUT2D eigenvalue weighted by Crippen LogP contribution is 2.39. The monoisotopic (exact) mass is 304 g/mol. The second-order valence-corrected chi connectivity index (χ2v) is 3.99. The average molecular weight is 304 g/mol. The summed E-state index contributed by atoms with van der Waals surface area (Å²) in [4.78, 5) is 0. The first kappa shape index (κ1) is 16.7. The van der Waals surface area contributed by atoms with Crippen molar-refractivity contribution in [1.82, 2.24) is 0 Å². The first-order chi connectivity index (χ1) is 8.98. The average Bonchev–Trinajstić information content (AvgIpc) is 2.34. The standard InChI is InChI=1S/C11H10F6O3/c12-10(13,14)5-1-2-7(11(15,16)17)6(3-5)9(20)8(19)4-18/h1-3,8-9,18-20H,4H2. The van der Waals surface area contributed by atoms with Gasteiger partial charge in [0.2, 0.25) is 0 Å². The third-order valence-corrected chi connectivity index (χ3v) is 2.55. The second kappa shape index (κ2) is 5.58. The third-order valence-electron chi connectivity index (χ3n) is 2.55. The lowest BCUT2D eigenvalue weighted by molar-refractivity contribution is -0.143. The normalized spacial score (nSPS) is 16.1. The van der Waals surface area contributed by atoms with E-state index in [1.807, 2.05) is 0 Å². The van der Waals surface area contributed by atoms with E-state index in [9.17, 15) is 31.4 Å². The van der Waals surface area contributed by atoms with Gasteiger partial charge >= 0.3 is 12.4 Å². The van der Waals surface area contributed by atoms with Crippen molar-refractivity contribution in [1.29, 1.82) is 0 Å². The fourth-order valence-corrected chi connectivity index (χ4v) is 1.55. The van der Waals surface area contributed by atoms with E-state index in [1.54, 1.807) is 0 Å². The number of aliphatic hydroxyl groups is 3. The van der Waals surface area contributed by atoms with Crippen LogP contribution in [-0.4, -0.2) is 28.0 Å². The van der Waals surface area contributed by atoms with Gasteiger partial charge in [-0.3, -0.25) is 0 Å². The zero-order chi connectivity index (χ0) is 15.7. The fourth-order valence-electron chi connectivity index (χ4n) is 1.55. The number of rotatable bonds is 3. The van der Waals surface area contributed by atoms with Crippen LogP contribution in [0.15, 0.2) is 18.2 Å². The molecular formula is C11H10F6O3. The predicted octanol–water partition coefficient (Wildman–Crippen LogP) is 2.11. The zero-order valence-corrected chi connectivity index (χ0v) is 9.70. The molecule has 1 aromatic rings. The number of aliphatic hydroxyl groups excluding tert-OH is 3. The Bertz CT molecular complexity index is 468. The molecule has 0 radical (unpaired) electrons. The van der Waals surface area contributed by atoms with Crippen molar-refractivity contribution in [3.05, 3.63) is 34.9 Å². The van der Waals surface area contributed by atoms with Crippen molar-refractivity contribution in [3.63, 3.8) is 0 Å². The number of hydrogen-bond donors (Lipinski definition) is 3. The van der Waals surface area contributed by atoms with Crippen LogP contribution in [0.1, 0.15) is 22.8 Å². The van der Waals surface area contributed by atoms with Crippen LogP contribution in [-0.2, 0) is 12.4 Å². The van der Waals surface area contributed by atoms with Gasteiger partial charge in [0.25, 0.3) is 0 Å². The van der Waals surface area contributed by atoms with Crippen LogP contribution < -0.4 is 0 Å². The minimum absolute atomic E-state index is 0.104. The SMILES string of the molecule is OCC(O)C(O)c1cc(C(F)(F)F)ccc1C(F)(F)F. The molecule has 9 heteroatoms. The molecule has 0 amide bonds.